The van der Waals surface area contributed by atoms with Crippen LogP contribution in [-0.2, 0) is 24.2 Å². The van der Waals surface area contributed by atoms with Crippen LogP contribution in [0.25, 0.3) is 0 Å². The highest BCUT2D eigenvalue weighted by molar-refractivity contribution is 6.30. The Hall–Kier alpha value is -1.75. The summed E-state index contributed by atoms with van der Waals surface area (Å²) in [7, 11) is 0. The van der Waals surface area contributed by atoms with Crippen molar-refractivity contribution >= 4 is 17.4 Å². The monoisotopic (exact) mass is 295 g/mol. The van der Waals surface area contributed by atoms with Crippen molar-refractivity contribution in [3.05, 3.63) is 46.8 Å². The zero-order valence-corrected chi connectivity index (χ0v) is 11.9. The Morgan fingerprint density at radius 3 is 2.95 bits per heavy atom. The summed E-state index contributed by atoms with van der Waals surface area (Å²) in [4.78, 5) is 16.1. The SMILES string of the molecule is CCCn1ncnc1CC(=O)Cc1cccc(Cl)c1F. The molecule has 106 valence electrons. The van der Waals surface area contributed by atoms with E-state index in [2.05, 4.69) is 10.1 Å². The molecule has 4 nitrogen and oxygen atoms in total. The second-order valence-electron chi connectivity index (χ2n) is 4.50. The molecule has 0 saturated carbocycles. The lowest BCUT2D eigenvalue weighted by atomic mass is 10.1. The van der Waals surface area contributed by atoms with Gasteiger partial charge in [0.15, 0.2) is 0 Å². The van der Waals surface area contributed by atoms with E-state index < -0.39 is 5.82 Å². The Morgan fingerprint density at radius 2 is 2.20 bits per heavy atom. The molecular formula is C14H15ClFN3O. The van der Waals surface area contributed by atoms with Crippen LogP contribution in [0.5, 0.6) is 0 Å². The lowest BCUT2D eigenvalue weighted by molar-refractivity contribution is -0.118. The lowest BCUT2D eigenvalue weighted by Crippen LogP contribution is -2.13. The van der Waals surface area contributed by atoms with Crippen LogP contribution in [0.3, 0.4) is 0 Å². The minimum Gasteiger partial charge on any atom is -0.299 e. The standard InChI is InChI=1S/C14H15ClFN3O/c1-2-6-19-13(17-9-18-19)8-11(20)7-10-4-3-5-12(15)14(10)16/h3-5,9H,2,6-8H2,1H3. The van der Waals surface area contributed by atoms with Crippen molar-refractivity contribution in [2.75, 3.05) is 0 Å². The number of rotatable bonds is 6. The third-order valence-corrected chi connectivity index (χ3v) is 3.20. The molecule has 0 saturated heterocycles. The molecule has 0 radical (unpaired) electrons. The second kappa shape index (κ2) is 6.61. The molecule has 0 spiro atoms. The maximum atomic E-state index is 13.7. The number of hydrogen-bond acceptors (Lipinski definition) is 3. The van der Waals surface area contributed by atoms with Gasteiger partial charge < -0.3 is 0 Å². The second-order valence-corrected chi connectivity index (χ2v) is 4.91. The average molecular weight is 296 g/mol. The van der Waals surface area contributed by atoms with Crippen molar-refractivity contribution in [2.45, 2.75) is 32.7 Å². The summed E-state index contributed by atoms with van der Waals surface area (Å²) >= 11 is 5.69. The number of halogens is 2. The van der Waals surface area contributed by atoms with Crippen molar-refractivity contribution in [1.82, 2.24) is 14.8 Å². The van der Waals surface area contributed by atoms with E-state index in [9.17, 15) is 9.18 Å². The zero-order chi connectivity index (χ0) is 14.5. The van der Waals surface area contributed by atoms with E-state index in [0.717, 1.165) is 6.42 Å². The number of ketones is 1. The van der Waals surface area contributed by atoms with Crippen LogP contribution in [0.1, 0.15) is 24.7 Å². The molecule has 1 aromatic heterocycles. The quantitative estimate of drug-likeness (QED) is 0.823. The number of benzene rings is 1. The van der Waals surface area contributed by atoms with Crippen LogP contribution < -0.4 is 0 Å². The molecule has 0 N–H and O–H groups in total. The molecule has 1 heterocycles. The minimum absolute atomic E-state index is 0.00534. The van der Waals surface area contributed by atoms with Crippen molar-refractivity contribution in [1.29, 1.82) is 0 Å². The van der Waals surface area contributed by atoms with E-state index in [1.165, 1.54) is 12.4 Å². The van der Waals surface area contributed by atoms with Crippen LogP contribution in [0, 0.1) is 5.82 Å². The summed E-state index contributed by atoms with van der Waals surface area (Å²) in [6, 6.07) is 4.66. The van der Waals surface area contributed by atoms with E-state index in [-0.39, 0.29) is 23.6 Å². The van der Waals surface area contributed by atoms with Gasteiger partial charge in [0.05, 0.1) is 11.4 Å². The number of aryl methyl sites for hydroxylation is 1. The maximum Gasteiger partial charge on any atom is 0.145 e. The van der Waals surface area contributed by atoms with Gasteiger partial charge in [-0.3, -0.25) is 4.79 Å². The molecule has 0 bridgehead atoms. The lowest BCUT2D eigenvalue weighted by Gasteiger charge is -2.05. The van der Waals surface area contributed by atoms with Crippen LogP contribution in [0.15, 0.2) is 24.5 Å². The number of carbonyl (C=O) groups excluding carboxylic acids is 1. The van der Waals surface area contributed by atoms with E-state index in [1.807, 2.05) is 6.92 Å². The minimum atomic E-state index is -0.530. The Labute approximate surface area is 121 Å². The van der Waals surface area contributed by atoms with Crippen molar-refractivity contribution in [3.63, 3.8) is 0 Å². The van der Waals surface area contributed by atoms with Gasteiger partial charge in [0.2, 0.25) is 0 Å². The van der Waals surface area contributed by atoms with Gasteiger partial charge in [0.1, 0.15) is 23.8 Å². The molecule has 20 heavy (non-hydrogen) atoms. The van der Waals surface area contributed by atoms with E-state index in [0.29, 0.717) is 17.9 Å². The van der Waals surface area contributed by atoms with Gasteiger partial charge in [0, 0.05) is 13.0 Å². The van der Waals surface area contributed by atoms with Crippen molar-refractivity contribution in [2.24, 2.45) is 0 Å². The van der Waals surface area contributed by atoms with E-state index in [4.69, 9.17) is 11.6 Å². The number of carbonyl (C=O) groups is 1. The molecule has 0 fully saturated rings. The molecule has 0 unspecified atom stereocenters. The number of hydrogen-bond donors (Lipinski definition) is 0. The summed E-state index contributed by atoms with van der Waals surface area (Å²) in [6.45, 7) is 2.74. The highest BCUT2D eigenvalue weighted by Crippen LogP contribution is 2.18. The predicted octanol–water partition coefficient (Wildman–Crippen LogP) is 2.83. The molecular weight excluding hydrogens is 281 g/mol. The van der Waals surface area contributed by atoms with E-state index in [1.54, 1.807) is 16.8 Å². The molecule has 1 aromatic carbocycles. The molecule has 2 aromatic rings. The van der Waals surface area contributed by atoms with Crippen LogP contribution in [-0.4, -0.2) is 20.5 Å². The maximum absolute atomic E-state index is 13.7. The van der Waals surface area contributed by atoms with Crippen LogP contribution in [0.2, 0.25) is 5.02 Å². The van der Waals surface area contributed by atoms with Gasteiger partial charge in [0.25, 0.3) is 0 Å². The summed E-state index contributed by atoms with van der Waals surface area (Å²) in [5.74, 6) is -0.0339. The third-order valence-electron chi connectivity index (χ3n) is 2.91. The number of nitrogens with zero attached hydrogens (tertiary/aromatic N) is 3. The highest BCUT2D eigenvalue weighted by Gasteiger charge is 2.14. The fourth-order valence-electron chi connectivity index (χ4n) is 1.96. The van der Waals surface area contributed by atoms with Crippen LogP contribution >= 0.6 is 11.6 Å². The first-order valence-corrected chi connectivity index (χ1v) is 6.81. The highest BCUT2D eigenvalue weighted by atomic mass is 35.5. The number of Topliss-reactive ketones (excluding diaryl/α,β-unsaturated/α-hetero) is 1. The molecule has 0 aliphatic rings. The van der Waals surface area contributed by atoms with Crippen LogP contribution in [0.4, 0.5) is 4.39 Å². The molecule has 6 heteroatoms. The normalized spacial score (nSPS) is 10.8. The third kappa shape index (κ3) is 3.42. The topological polar surface area (TPSA) is 47.8 Å². The molecule has 2 rings (SSSR count). The van der Waals surface area contributed by atoms with Gasteiger partial charge in [-0.05, 0) is 18.1 Å². The summed E-state index contributed by atoms with van der Waals surface area (Å²) < 4.78 is 15.4. The van der Waals surface area contributed by atoms with Gasteiger partial charge >= 0.3 is 0 Å². The number of aromatic nitrogens is 3. The fraction of sp³-hybridized carbons (Fsp3) is 0.357. The molecule has 0 aliphatic heterocycles. The first kappa shape index (κ1) is 14.7. The smallest absolute Gasteiger partial charge is 0.145 e. The average Bonchev–Trinajstić information content (AvgIpc) is 2.83. The summed E-state index contributed by atoms with van der Waals surface area (Å²) in [6.07, 6.45) is 2.49. The zero-order valence-electron chi connectivity index (χ0n) is 11.1. The largest absolute Gasteiger partial charge is 0.299 e. The van der Waals surface area contributed by atoms with Gasteiger partial charge in [-0.25, -0.2) is 14.1 Å². The van der Waals surface area contributed by atoms with Gasteiger partial charge in [-0.1, -0.05) is 30.7 Å². The summed E-state index contributed by atoms with van der Waals surface area (Å²) in [5, 5.41) is 4.09. The Balaban J connectivity index is 2.05. The molecule has 0 aliphatic carbocycles. The Bertz CT molecular complexity index is 612. The predicted molar refractivity (Wildman–Crippen MR) is 74.1 cm³/mol. The molecule has 0 atom stereocenters. The van der Waals surface area contributed by atoms with Crippen molar-refractivity contribution < 1.29 is 9.18 Å². The van der Waals surface area contributed by atoms with E-state index >= 15 is 0 Å². The van der Waals surface area contributed by atoms with Gasteiger partial charge in [-0.15, -0.1) is 0 Å². The fourth-order valence-corrected chi connectivity index (χ4v) is 2.15. The first-order chi connectivity index (χ1) is 9.61. The first-order valence-electron chi connectivity index (χ1n) is 6.43. The summed E-state index contributed by atoms with van der Waals surface area (Å²) in [5.41, 5.74) is 0.309. The Kier molecular flexibility index (Phi) is 4.84. The van der Waals surface area contributed by atoms with Crippen molar-refractivity contribution in [3.8, 4) is 0 Å². The van der Waals surface area contributed by atoms with Gasteiger partial charge in [-0.2, -0.15) is 5.10 Å². The Morgan fingerprint density at radius 1 is 1.40 bits per heavy atom. The molecule has 0 amide bonds.